The zero-order chi connectivity index (χ0) is 12.8. The zero-order valence-electron chi connectivity index (χ0n) is 10.5. The largest absolute Gasteiger partial charge is 0.311 e. The molecule has 0 aliphatic carbocycles. The van der Waals surface area contributed by atoms with Gasteiger partial charge in [-0.15, -0.1) is 0 Å². The molecule has 0 aliphatic heterocycles. The summed E-state index contributed by atoms with van der Waals surface area (Å²) in [4.78, 5) is 4.40. The molecule has 3 heteroatoms. The van der Waals surface area contributed by atoms with Gasteiger partial charge in [0.1, 0.15) is 5.82 Å². The van der Waals surface area contributed by atoms with E-state index in [0.717, 1.165) is 30.0 Å². The van der Waals surface area contributed by atoms with Crippen LogP contribution < -0.4 is 5.32 Å². The predicted molar refractivity (Wildman–Crippen MR) is 70.8 cm³/mol. The topological polar surface area (TPSA) is 24.9 Å². The summed E-state index contributed by atoms with van der Waals surface area (Å²) in [5.74, 6) is -0.131. The lowest BCUT2D eigenvalue weighted by atomic mass is 10.1. The fourth-order valence-corrected chi connectivity index (χ4v) is 1.84. The van der Waals surface area contributed by atoms with Crippen molar-refractivity contribution in [2.45, 2.75) is 19.9 Å². The molecule has 2 nitrogen and oxygen atoms in total. The zero-order valence-corrected chi connectivity index (χ0v) is 10.5. The Morgan fingerprint density at radius 3 is 2.72 bits per heavy atom. The second-order valence-corrected chi connectivity index (χ2v) is 4.29. The van der Waals surface area contributed by atoms with E-state index >= 15 is 0 Å². The summed E-state index contributed by atoms with van der Waals surface area (Å²) < 4.78 is 13.4. The second-order valence-electron chi connectivity index (χ2n) is 4.29. The van der Waals surface area contributed by atoms with Gasteiger partial charge in [0.15, 0.2) is 0 Å². The number of hydrogen-bond acceptors (Lipinski definition) is 2. The van der Waals surface area contributed by atoms with Crippen LogP contribution in [0.15, 0.2) is 42.5 Å². The van der Waals surface area contributed by atoms with Crippen LogP contribution in [0, 0.1) is 12.7 Å². The lowest BCUT2D eigenvalue weighted by molar-refractivity contribution is 0.596. The molecule has 0 bridgehead atoms. The van der Waals surface area contributed by atoms with Crippen molar-refractivity contribution in [3.05, 3.63) is 65.2 Å². The fraction of sp³-hybridized carbons (Fsp3) is 0.267. The molecule has 0 saturated carbocycles. The summed E-state index contributed by atoms with van der Waals surface area (Å²) >= 11 is 0. The van der Waals surface area contributed by atoms with Crippen molar-refractivity contribution < 1.29 is 4.39 Å². The van der Waals surface area contributed by atoms with Crippen LogP contribution in [0.1, 0.15) is 17.0 Å². The van der Waals surface area contributed by atoms with E-state index in [4.69, 9.17) is 0 Å². The first-order valence-corrected chi connectivity index (χ1v) is 6.12. The molecule has 1 N–H and O–H groups in total. The molecule has 1 aromatic carbocycles. The maximum absolute atomic E-state index is 13.4. The standard InChI is InChI=1S/C15H17FN2/c1-12-5-4-7-14(18-12)11-17-10-9-13-6-2-3-8-15(13)16/h2-8,17H,9-11H2,1H3. The van der Waals surface area contributed by atoms with Crippen molar-refractivity contribution >= 4 is 0 Å². The molecule has 2 aromatic rings. The van der Waals surface area contributed by atoms with Crippen molar-refractivity contribution in [3.63, 3.8) is 0 Å². The van der Waals surface area contributed by atoms with Crippen LogP contribution in [0.3, 0.4) is 0 Å². The molecule has 2 rings (SSSR count). The average Bonchev–Trinajstić information content (AvgIpc) is 2.37. The lowest BCUT2D eigenvalue weighted by Gasteiger charge is -2.06. The van der Waals surface area contributed by atoms with Crippen molar-refractivity contribution in [3.8, 4) is 0 Å². The normalized spacial score (nSPS) is 10.6. The van der Waals surface area contributed by atoms with Gasteiger partial charge in [-0.05, 0) is 43.7 Å². The lowest BCUT2D eigenvalue weighted by Crippen LogP contribution is -2.18. The van der Waals surface area contributed by atoms with Crippen LogP contribution in [0.2, 0.25) is 0 Å². The molecule has 1 heterocycles. The number of halogens is 1. The number of rotatable bonds is 5. The van der Waals surface area contributed by atoms with Crippen LogP contribution >= 0.6 is 0 Å². The third kappa shape index (κ3) is 3.64. The van der Waals surface area contributed by atoms with Gasteiger partial charge in [0.05, 0.1) is 5.69 Å². The first kappa shape index (κ1) is 12.7. The summed E-state index contributed by atoms with van der Waals surface area (Å²) in [6.07, 6.45) is 0.693. The van der Waals surface area contributed by atoms with E-state index in [9.17, 15) is 4.39 Å². The van der Waals surface area contributed by atoms with Gasteiger partial charge in [0.2, 0.25) is 0 Å². The molecule has 18 heavy (non-hydrogen) atoms. The quantitative estimate of drug-likeness (QED) is 0.818. The molecule has 0 radical (unpaired) electrons. The highest BCUT2D eigenvalue weighted by Gasteiger charge is 2.00. The van der Waals surface area contributed by atoms with E-state index in [1.807, 2.05) is 37.3 Å². The first-order chi connectivity index (χ1) is 8.75. The van der Waals surface area contributed by atoms with Crippen molar-refractivity contribution in [2.75, 3.05) is 6.54 Å². The number of aromatic nitrogens is 1. The van der Waals surface area contributed by atoms with Crippen LogP contribution in [0.25, 0.3) is 0 Å². The summed E-state index contributed by atoms with van der Waals surface area (Å²) in [5, 5.41) is 3.28. The molecule has 1 aromatic heterocycles. The minimum Gasteiger partial charge on any atom is -0.311 e. The third-order valence-electron chi connectivity index (χ3n) is 2.78. The van der Waals surface area contributed by atoms with Gasteiger partial charge >= 0.3 is 0 Å². The molecule has 0 spiro atoms. The number of nitrogens with one attached hydrogen (secondary N) is 1. The Balaban J connectivity index is 1.78. The van der Waals surface area contributed by atoms with Gasteiger partial charge in [0, 0.05) is 12.2 Å². The molecule has 0 saturated heterocycles. The average molecular weight is 244 g/mol. The molecule has 0 amide bonds. The molecular formula is C15H17FN2. The summed E-state index contributed by atoms with van der Waals surface area (Å²) in [6, 6.07) is 12.9. The minimum absolute atomic E-state index is 0.131. The Labute approximate surface area is 107 Å². The van der Waals surface area contributed by atoms with Crippen LogP contribution in [0.4, 0.5) is 4.39 Å². The highest BCUT2D eigenvalue weighted by molar-refractivity contribution is 5.17. The van der Waals surface area contributed by atoms with Gasteiger partial charge in [-0.1, -0.05) is 24.3 Å². The molecule has 0 atom stereocenters. The van der Waals surface area contributed by atoms with Crippen molar-refractivity contribution in [1.82, 2.24) is 10.3 Å². The molecule has 0 unspecified atom stereocenters. The van der Waals surface area contributed by atoms with Crippen molar-refractivity contribution in [2.24, 2.45) is 0 Å². The van der Waals surface area contributed by atoms with E-state index < -0.39 is 0 Å². The number of pyridine rings is 1. The maximum Gasteiger partial charge on any atom is 0.126 e. The molecule has 0 aliphatic rings. The SMILES string of the molecule is Cc1cccc(CNCCc2ccccc2F)n1. The number of nitrogens with zero attached hydrogens (tertiary/aromatic N) is 1. The van der Waals surface area contributed by atoms with E-state index in [-0.39, 0.29) is 5.82 Å². The van der Waals surface area contributed by atoms with Gasteiger partial charge < -0.3 is 5.32 Å². The second kappa shape index (κ2) is 6.26. The fourth-order valence-electron chi connectivity index (χ4n) is 1.84. The molecule has 94 valence electrons. The summed E-state index contributed by atoms with van der Waals surface area (Å²) in [5.41, 5.74) is 2.79. The monoisotopic (exact) mass is 244 g/mol. The van der Waals surface area contributed by atoms with Gasteiger partial charge in [-0.2, -0.15) is 0 Å². The number of hydrogen-bond donors (Lipinski definition) is 1. The van der Waals surface area contributed by atoms with E-state index in [1.165, 1.54) is 6.07 Å². The Bertz CT molecular complexity index is 511. The van der Waals surface area contributed by atoms with Crippen LogP contribution in [-0.2, 0) is 13.0 Å². The predicted octanol–water partition coefficient (Wildman–Crippen LogP) is 2.86. The molecular weight excluding hydrogens is 227 g/mol. The first-order valence-electron chi connectivity index (χ1n) is 6.12. The van der Waals surface area contributed by atoms with E-state index in [1.54, 1.807) is 6.07 Å². The number of benzene rings is 1. The third-order valence-corrected chi connectivity index (χ3v) is 2.78. The Morgan fingerprint density at radius 2 is 1.94 bits per heavy atom. The van der Waals surface area contributed by atoms with E-state index in [0.29, 0.717) is 6.42 Å². The summed E-state index contributed by atoms with van der Waals surface area (Å²) in [6.45, 7) is 3.44. The molecule has 0 fully saturated rings. The van der Waals surface area contributed by atoms with Gasteiger partial charge in [-0.3, -0.25) is 4.98 Å². The van der Waals surface area contributed by atoms with Crippen molar-refractivity contribution in [1.29, 1.82) is 0 Å². The van der Waals surface area contributed by atoms with E-state index in [2.05, 4.69) is 10.3 Å². The highest BCUT2D eigenvalue weighted by Crippen LogP contribution is 2.06. The highest BCUT2D eigenvalue weighted by atomic mass is 19.1. The Morgan fingerprint density at radius 1 is 1.11 bits per heavy atom. The van der Waals surface area contributed by atoms with Crippen LogP contribution in [0.5, 0.6) is 0 Å². The Hall–Kier alpha value is -1.74. The maximum atomic E-state index is 13.4. The van der Waals surface area contributed by atoms with Gasteiger partial charge in [-0.25, -0.2) is 4.39 Å². The smallest absolute Gasteiger partial charge is 0.126 e. The minimum atomic E-state index is -0.131. The Kier molecular flexibility index (Phi) is 4.42. The number of aryl methyl sites for hydroxylation is 1. The van der Waals surface area contributed by atoms with Crippen LogP contribution in [-0.4, -0.2) is 11.5 Å². The summed E-state index contributed by atoms with van der Waals surface area (Å²) in [7, 11) is 0. The van der Waals surface area contributed by atoms with Gasteiger partial charge in [0.25, 0.3) is 0 Å².